The maximum Gasteiger partial charge on any atom is 0.295 e. The number of hydrogen-bond acceptors (Lipinski definition) is 7. The lowest BCUT2D eigenvalue weighted by Crippen LogP contribution is -2.45. The molecule has 5 aromatic rings. The normalized spacial score (nSPS) is 19.2. The molecule has 6 rings (SSSR count). The number of benzene rings is 3. The van der Waals surface area contributed by atoms with Crippen molar-refractivity contribution in [3.05, 3.63) is 84.2 Å². The molecule has 0 aliphatic carbocycles. The summed E-state index contributed by atoms with van der Waals surface area (Å²) in [4.78, 5) is 6.97. The van der Waals surface area contributed by atoms with E-state index in [0.29, 0.717) is 12.0 Å². The minimum Gasteiger partial charge on any atom is -0.459 e. The Labute approximate surface area is 246 Å². The van der Waals surface area contributed by atoms with Gasteiger partial charge in [-0.15, -0.1) is 0 Å². The number of rotatable bonds is 8. The fourth-order valence-electron chi connectivity index (χ4n) is 5.35. The van der Waals surface area contributed by atoms with Gasteiger partial charge in [-0.25, -0.2) is 13.5 Å². The van der Waals surface area contributed by atoms with E-state index >= 15 is 8.78 Å². The van der Waals surface area contributed by atoms with Gasteiger partial charge in [0.15, 0.2) is 5.82 Å². The van der Waals surface area contributed by atoms with Crippen LogP contribution < -0.4 is 4.74 Å². The van der Waals surface area contributed by atoms with E-state index in [0.717, 1.165) is 22.4 Å². The third-order valence-electron chi connectivity index (χ3n) is 7.45. The summed E-state index contributed by atoms with van der Waals surface area (Å²) in [7, 11) is 0. The van der Waals surface area contributed by atoms with Gasteiger partial charge in [-0.2, -0.15) is 10.1 Å². The molecule has 2 aromatic heterocycles. The molecular weight excluding hydrogens is 558 g/mol. The molecule has 0 bridgehead atoms. The Kier molecular flexibility index (Phi) is 7.74. The Morgan fingerprint density at radius 1 is 1.07 bits per heavy atom. The van der Waals surface area contributed by atoms with Gasteiger partial charge in [0.25, 0.3) is 6.01 Å². The minimum atomic E-state index is -0.912. The number of aromatic nitrogens is 4. The highest BCUT2D eigenvalue weighted by Crippen LogP contribution is 2.34. The first-order valence-corrected chi connectivity index (χ1v) is 14.0. The number of nitrogens with zero attached hydrogens (tertiary/aromatic N) is 3. The molecule has 0 saturated carbocycles. The van der Waals surface area contributed by atoms with Gasteiger partial charge in [0.05, 0.1) is 47.9 Å². The second kappa shape index (κ2) is 11.5. The SMILES string of the molecule is CC(C)(O)Cc1cnn(-c2ccc(-c3ccc(-c4c(F)cc5[nH]c(OC6COC(CO)C(O)C6)nc5c4F)cc3)cc2)c1. The molecular formula is C32H32F2N4O5. The van der Waals surface area contributed by atoms with Crippen molar-refractivity contribution < 1.29 is 33.6 Å². The molecule has 3 aromatic carbocycles. The average Bonchev–Trinajstić information content (AvgIpc) is 3.59. The number of H-pyrrole nitrogens is 1. The lowest BCUT2D eigenvalue weighted by molar-refractivity contribution is -0.131. The highest BCUT2D eigenvalue weighted by molar-refractivity contribution is 5.84. The predicted molar refractivity (Wildman–Crippen MR) is 156 cm³/mol. The van der Waals surface area contributed by atoms with Crippen LogP contribution in [0.1, 0.15) is 25.8 Å². The van der Waals surface area contributed by atoms with Gasteiger partial charge in [-0.3, -0.25) is 0 Å². The van der Waals surface area contributed by atoms with Crippen LogP contribution in [0.25, 0.3) is 39.0 Å². The van der Waals surface area contributed by atoms with Crippen molar-refractivity contribution in [2.24, 2.45) is 0 Å². The fraction of sp³-hybridized carbons (Fsp3) is 0.312. The van der Waals surface area contributed by atoms with E-state index in [4.69, 9.17) is 9.47 Å². The molecule has 224 valence electrons. The van der Waals surface area contributed by atoms with E-state index < -0.39 is 35.5 Å². The van der Waals surface area contributed by atoms with Crippen molar-refractivity contribution >= 4 is 11.0 Å². The largest absolute Gasteiger partial charge is 0.459 e. The van der Waals surface area contributed by atoms with E-state index in [1.165, 1.54) is 6.07 Å². The Bertz CT molecular complexity index is 1730. The number of aliphatic hydroxyl groups excluding tert-OH is 2. The van der Waals surface area contributed by atoms with E-state index in [9.17, 15) is 15.3 Å². The minimum absolute atomic E-state index is 0.0175. The monoisotopic (exact) mass is 590 g/mol. The first-order valence-electron chi connectivity index (χ1n) is 14.0. The summed E-state index contributed by atoms with van der Waals surface area (Å²) in [6.07, 6.45) is 2.16. The van der Waals surface area contributed by atoms with Crippen LogP contribution in [-0.2, 0) is 11.2 Å². The molecule has 1 fully saturated rings. The van der Waals surface area contributed by atoms with Crippen LogP contribution in [0.15, 0.2) is 67.0 Å². The number of fused-ring (bicyclic) bond motifs is 1. The summed E-state index contributed by atoms with van der Waals surface area (Å²) in [5.41, 5.74) is 3.00. The number of imidazole rings is 1. The zero-order valence-electron chi connectivity index (χ0n) is 23.7. The molecule has 0 spiro atoms. The van der Waals surface area contributed by atoms with Gasteiger partial charge in [0.1, 0.15) is 23.5 Å². The molecule has 3 heterocycles. The van der Waals surface area contributed by atoms with Gasteiger partial charge in [-0.05, 0) is 48.2 Å². The Morgan fingerprint density at radius 2 is 1.74 bits per heavy atom. The van der Waals surface area contributed by atoms with Gasteiger partial charge in [0, 0.05) is 25.1 Å². The molecule has 0 amide bonds. The summed E-state index contributed by atoms with van der Waals surface area (Å²) in [5.74, 6) is -1.57. The molecule has 9 nitrogen and oxygen atoms in total. The number of hydrogen-bond donors (Lipinski definition) is 4. The van der Waals surface area contributed by atoms with Crippen LogP contribution in [-0.4, -0.2) is 72.2 Å². The molecule has 1 saturated heterocycles. The maximum atomic E-state index is 15.6. The lowest BCUT2D eigenvalue weighted by Gasteiger charge is -2.31. The average molecular weight is 591 g/mol. The molecule has 4 N–H and O–H groups in total. The number of aliphatic hydroxyl groups is 3. The van der Waals surface area contributed by atoms with Crippen molar-refractivity contribution in [3.63, 3.8) is 0 Å². The maximum absolute atomic E-state index is 15.6. The summed E-state index contributed by atoms with van der Waals surface area (Å²) in [6.45, 7) is 3.32. The molecule has 1 aliphatic heterocycles. The van der Waals surface area contributed by atoms with Gasteiger partial charge >= 0.3 is 0 Å². The topological polar surface area (TPSA) is 126 Å². The van der Waals surface area contributed by atoms with Gasteiger partial charge in [-0.1, -0.05) is 36.4 Å². The van der Waals surface area contributed by atoms with E-state index in [2.05, 4.69) is 15.1 Å². The number of aromatic amines is 1. The zero-order valence-corrected chi connectivity index (χ0v) is 23.7. The fourth-order valence-corrected chi connectivity index (χ4v) is 5.35. The quantitative estimate of drug-likeness (QED) is 0.209. The van der Waals surface area contributed by atoms with Crippen molar-refractivity contribution in [3.8, 4) is 34.0 Å². The second-order valence-electron chi connectivity index (χ2n) is 11.5. The number of halogens is 2. The predicted octanol–water partition coefficient (Wildman–Crippen LogP) is 4.56. The zero-order chi connectivity index (χ0) is 30.3. The standard InChI is InChI=1S/C32H32F2N4O5/c1-32(2,41)13-18-14-35-38(15-18)22-9-7-20(8-10-22)19-3-5-21(6-4-19)28-24(33)12-25-30(29(28)34)37-31(36-25)43-23-11-26(40)27(16-39)42-17-23/h3-10,12,14-15,23,26-27,39-41H,11,13,16-17H2,1-2H3,(H,36,37). The Hall–Kier alpha value is -4.16. The third kappa shape index (κ3) is 6.16. The first kappa shape index (κ1) is 28.9. The van der Waals surface area contributed by atoms with Crippen LogP contribution >= 0.6 is 0 Å². The summed E-state index contributed by atoms with van der Waals surface area (Å²) < 4.78 is 43.6. The highest BCUT2D eigenvalue weighted by Gasteiger charge is 2.31. The van der Waals surface area contributed by atoms with Crippen LogP contribution in [0, 0.1) is 11.6 Å². The lowest BCUT2D eigenvalue weighted by atomic mass is 9.99. The van der Waals surface area contributed by atoms with E-state index in [-0.39, 0.29) is 42.2 Å². The highest BCUT2D eigenvalue weighted by atomic mass is 19.1. The molecule has 0 radical (unpaired) electrons. The molecule has 3 atom stereocenters. The first-order chi connectivity index (χ1) is 20.6. The number of ether oxygens (including phenoxy) is 2. The van der Waals surface area contributed by atoms with Crippen molar-refractivity contribution in [2.75, 3.05) is 13.2 Å². The summed E-state index contributed by atoms with van der Waals surface area (Å²) >= 11 is 0. The van der Waals surface area contributed by atoms with Crippen molar-refractivity contribution in [2.45, 2.75) is 50.6 Å². The van der Waals surface area contributed by atoms with E-state index in [1.807, 2.05) is 30.5 Å². The van der Waals surface area contributed by atoms with Crippen LogP contribution in [0.5, 0.6) is 6.01 Å². The summed E-state index contributed by atoms with van der Waals surface area (Å²) in [6, 6.07) is 15.8. The van der Waals surface area contributed by atoms with Gasteiger partial charge in [0.2, 0.25) is 0 Å². The van der Waals surface area contributed by atoms with Gasteiger partial charge < -0.3 is 29.8 Å². The molecule has 3 unspecified atom stereocenters. The summed E-state index contributed by atoms with van der Waals surface area (Å²) in [5, 5.41) is 33.7. The Morgan fingerprint density at radius 3 is 2.40 bits per heavy atom. The van der Waals surface area contributed by atoms with E-state index in [1.54, 1.807) is 49.0 Å². The Balaban J connectivity index is 1.19. The second-order valence-corrected chi connectivity index (χ2v) is 11.5. The van der Waals surface area contributed by atoms with Crippen molar-refractivity contribution in [1.82, 2.24) is 19.7 Å². The molecule has 1 aliphatic rings. The van der Waals surface area contributed by atoms with Crippen LogP contribution in [0.3, 0.4) is 0 Å². The molecule has 43 heavy (non-hydrogen) atoms. The third-order valence-corrected chi connectivity index (χ3v) is 7.45. The van der Waals surface area contributed by atoms with Crippen LogP contribution in [0.4, 0.5) is 8.78 Å². The molecule has 11 heteroatoms. The number of nitrogens with one attached hydrogen (secondary N) is 1. The van der Waals surface area contributed by atoms with Crippen LogP contribution in [0.2, 0.25) is 0 Å². The van der Waals surface area contributed by atoms with Crippen molar-refractivity contribution in [1.29, 1.82) is 0 Å². The smallest absolute Gasteiger partial charge is 0.295 e.